The van der Waals surface area contributed by atoms with Gasteiger partial charge in [-0.15, -0.1) is 0 Å². The van der Waals surface area contributed by atoms with Crippen LogP contribution in [0.5, 0.6) is 5.75 Å². The van der Waals surface area contributed by atoms with Gasteiger partial charge in [0.2, 0.25) is 0 Å². The number of carbonyl (C=O) groups is 1. The molecule has 0 radical (unpaired) electrons. The van der Waals surface area contributed by atoms with Crippen molar-refractivity contribution in [3.05, 3.63) is 53.1 Å². The first kappa shape index (κ1) is 25.1. The molecule has 1 aromatic heterocycles. The van der Waals surface area contributed by atoms with E-state index in [1.807, 2.05) is 39.0 Å². The van der Waals surface area contributed by atoms with E-state index >= 15 is 0 Å². The molecule has 0 bridgehead atoms. The van der Waals surface area contributed by atoms with Gasteiger partial charge in [0.25, 0.3) is 0 Å². The molecule has 10 nitrogen and oxygen atoms in total. The highest BCUT2D eigenvalue weighted by Crippen LogP contribution is 2.37. The molecule has 33 heavy (non-hydrogen) atoms. The highest BCUT2D eigenvalue weighted by Gasteiger charge is 2.29. The van der Waals surface area contributed by atoms with Gasteiger partial charge in [-0.3, -0.25) is 9.36 Å². The Morgan fingerprint density at radius 1 is 1.27 bits per heavy atom. The number of hydrogen-bond acceptors (Lipinski definition) is 9. The third-order valence-corrected chi connectivity index (χ3v) is 5.75. The third kappa shape index (κ3) is 8.40. The average molecular weight is 478 g/mol. The summed E-state index contributed by atoms with van der Waals surface area (Å²) in [7, 11) is -1.63. The molecule has 1 aliphatic heterocycles. The zero-order chi connectivity index (χ0) is 23.8. The lowest BCUT2D eigenvalue weighted by atomic mass is 9.99. The number of nitrogens with two attached hydrogens (primary N) is 1. The van der Waals surface area contributed by atoms with Gasteiger partial charge in [0, 0.05) is 6.20 Å². The second-order valence-electron chi connectivity index (χ2n) is 8.85. The van der Waals surface area contributed by atoms with E-state index in [2.05, 4.69) is 10.1 Å². The maximum atomic E-state index is 12.1. The van der Waals surface area contributed by atoms with Crippen LogP contribution < -0.4 is 21.0 Å². The van der Waals surface area contributed by atoms with Gasteiger partial charge >= 0.3 is 20.2 Å². The minimum Gasteiger partial charge on any atom is -0.464 e. The molecule has 2 aromatic rings. The molecule has 1 aromatic carbocycles. The zero-order valence-corrected chi connectivity index (χ0v) is 20.0. The van der Waals surface area contributed by atoms with E-state index in [-0.39, 0.29) is 36.5 Å². The lowest BCUT2D eigenvalue weighted by Crippen LogP contribution is -2.28. The molecule has 0 spiro atoms. The number of anilines is 1. The van der Waals surface area contributed by atoms with Gasteiger partial charge in [-0.05, 0) is 36.5 Å². The molecule has 180 valence electrons. The summed E-state index contributed by atoms with van der Waals surface area (Å²) in [6.07, 6.45) is 2.25. The fourth-order valence-corrected chi connectivity index (χ4v) is 4.05. The van der Waals surface area contributed by atoms with Crippen LogP contribution in [-0.4, -0.2) is 41.4 Å². The highest BCUT2D eigenvalue weighted by atomic mass is 31.2. The van der Waals surface area contributed by atoms with Crippen LogP contribution in [0, 0.1) is 5.41 Å². The summed E-state index contributed by atoms with van der Waals surface area (Å²) in [6.45, 7) is 6.48. The van der Waals surface area contributed by atoms with Gasteiger partial charge in [0.15, 0.2) is 0 Å². The number of carbonyl (C=O) groups excluding carboxylic acids is 1. The minimum absolute atomic E-state index is 0.0464. The number of aromatic nitrogens is 2. The Labute approximate surface area is 194 Å². The zero-order valence-electron chi connectivity index (χ0n) is 19.1. The third-order valence-electron chi connectivity index (χ3n) is 4.57. The molecule has 3 N–H and O–H groups in total. The number of hydrogen-bond donors (Lipinski definition) is 2. The second-order valence-corrected chi connectivity index (χ2v) is 10.1. The molecule has 0 amide bonds. The predicted molar refractivity (Wildman–Crippen MR) is 124 cm³/mol. The van der Waals surface area contributed by atoms with E-state index < -0.39 is 20.4 Å². The number of rotatable bonds is 10. The minimum atomic E-state index is -1.63. The first-order valence-electron chi connectivity index (χ1n) is 10.7. The van der Waals surface area contributed by atoms with Crippen LogP contribution in [0.4, 0.5) is 5.82 Å². The van der Waals surface area contributed by atoms with Crippen molar-refractivity contribution in [1.29, 1.82) is 0 Å². The number of para-hydroxylation sites is 1. The topological polar surface area (TPSA) is 127 Å². The van der Waals surface area contributed by atoms with Crippen molar-refractivity contribution in [3.63, 3.8) is 0 Å². The molecule has 2 heterocycles. The Kier molecular flexibility index (Phi) is 8.80. The first-order chi connectivity index (χ1) is 15.7. The number of esters is 1. The number of nitrogens with one attached hydrogen (secondary N) is 1. The first-order valence-corrected chi connectivity index (χ1v) is 11.9. The Morgan fingerprint density at radius 3 is 2.73 bits per heavy atom. The van der Waals surface area contributed by atoms with Crippen molar-refractivity contribution in [2.45, 2.75) is 45.9 Å². The van der Waals surface area contributed by atoms with E-state index in [0.717, 1.165) is 0 Å². The van der Waals surface area contributed by atoms with Gasteiger partial charge in [0.05, 0.1) is 19.3 Å². The van der Waals surface area contributed by atoms with Gasteiger partial charge in [-0.25, -0.2) is 9.88 Å². The van der Waals surface area contributed by atoms with Gasteiger partial charge in [0.1, 0.15) is 24.3 Å². The van der Waals surface area contributed by atoms with Crippen LogP contribution in [0.25, 0.3) is 0 Å². The van der Waals surface area contributed by atoms with Crippen LogP contribution in [0.15, 0.2) is 47.4 Å². The molecule has 3 atom stereocenters. The van der Waals surface area contributed by atoms with Gasteiger partial charge in [-0.1, -0.05) is 39.0 Å². The monoisotopic (exact) mass is 478 g/mol. The Balaban J connectivity index is 1.53. The fraction of sp³-hybridized carbons (Fsp3) is 0.500. The Bertz CT molecular complexity index is 965. The standard InChI is InChI=1S/C22H31N4O6P/c1-22(2,3)15-29-20(27)13-24-33(32-16-7-5-4-6-8-16)30-14-17-9-10-19(31-17)26-12-11-18(23)25-21(26)28/h4-8,11-12,17,19,24H,9-10,13-15H2,1-3H3,(H2,23,25,28). The fourth-order valence-electron chi connectivity index (χ4n) is 2.97. The molecule has 1 fully saturated rings. The summed E-state index contributed by atoms with van der Waals surface area (Å²) in [5.41, 5.74) is 4.98. The number of nitrogen functional groups attached to an aromatic ring is 1. The van der Waals surface area contributed by atoms with Gasteiger partial charge in [-0.2, -0.15) is 4.98 Å². The van der Waals surface area contributed by atoms with Crippen LogP contribution in [-0.2, 0) is 18.8 Å². The quantitative estimate of drug-likeness (QED) is 0.391. The van der Waals surface area contributed by atoms with Crippen molar-refractivity contribution in [3.8, 4) is 5.75 Å². The second kappa shape index (κ2) is 11.6. The molecule has 1 saturated heterocycles. The average Bonchev–Trinajstić information content (AvgIpc) is 3.23. The van der Waals surface area contributed by atoms with Gasteiger partial charge < -0.3 is 24.3 Å². The largest absolute Gasteiger partial charge is 0.464 e. The molecular formula is C22H31N4O6P. The number of nitrogens with zero attached hydrogens (tertiary/aromatic N) is 2. The van der Waals surface area contributed by atoms with E-state index in [4.69, 9.17) is 24.3 Å². The van der Waals surface area contributed by atoms with E-state index in [9.17, 15) is 9.59 Å². The van der Waals surface area contributed by atoms with Crippen molar-refractivity contribution in [1.82, 2.24) is 14.6 Å². The lowest BCUT2D eigenvalue weighted by Gasteiger charge is -2.21. The van der Waals surface area contributed by atoms with Crippen molar-refractivity contribution >= 4 is 20.3 Å². The summed E-state index contributed by atoms with van der Waals surface area (Å²) < 4.78 is 24.5. The SMILES string of the molecule is CC(C)(C)COC(=O)CNP(OCC1CCC(n2ccc(N)nc2=O)O1)Oc1ccccc1. The van der Waals surface area contributed by atoms with Crippen LogP contribution >= 0.6 is 8.53 Å². The number of ether oxygens (including phenoxy) is 2. The maximum absolute atomic E-state index is 12.1. The smallest absolute Gasteiger partial charge is 0.351 e. The Hall–Kier alpha value is -2.52. The molecule has 1 aliphatic rings. The van der Waals surface area contributed by atoms with Crippen molar-refractivity contribution < 1.29 is 23.3 Å². The molecule has 3 unspecified atom stereocenters. The predicted octanol–water partition coefficient (Wildman–Crippen LogP) is 3.00. The van der Waals surface area contributed by atoms with Crippen LogP contribution in [0.2, 0.25) is 0 Å². The van der Waals surface area contributed by atoms with E-state index in [1.54, 1.807) is 24.4 Å². The Morgan fingerprint density at radius 2 is 2.03 bits per heavy atom. The maximum Gasteiger partial charge on any atom is 0.351 e. The van der Waals surface area contributed by atoms with Crippen LogP contribution in [0.3, 0.4) is 0 Å². The van der Waals surface area contributed by atoms with Crippen molar-refractivity contribution in [2.75, 3.05) is 25.5 Å². The summed E-state index contributed by atoms with van der Waals surface area (Å²) >= 11 is 0. The molecule has 0 aliphatic carbocycles. The summed E-state index contributed by atoms with van der Waals surface area (Å²) in [4.78, 5) is 27.9. The van der Waals surface area contributed by atoms with Crippen LogP contribution in [0.1, 0.15) is 39.8 Å². The molecular weight excluding hydrogens is 447 g/mol. The van der Waals surface area contributed by atoms with E-state index in [1.165, 1.54) is 4.57 Å². The molecule has 0 saturated carbocycles. The lowest BCUT2D eigenvalue weighted by molar-refractivity contribution is -0.144. The summed E-state index contributed by atoms with van der Waals surface area (Å²) in [6, 6.07) is 10.8. The van der Waals surface area contributed by atoms with E-state index in [0.29, 0.717) is 25.2 Å². The normalized spacial score (nSPS) is 19.2. The summed E-state index contributed by atoms with van der Waals surface area (Å²) in [5, 5.41) is 3.00. The molecule has 11 heteroatoms. The summed E-state index contributed by atoms with van der Waals surface area (Å²) in [5.74, 6) is 0.402. The number of benzene rings is 1. The van der Waals surface area contributed by atoms with Crippen molar-refractivity contribution in [2.24, 2.45) is 5.41 Å². The molecule has 3 rings (SSSR count). The highest BCUT2D eigenvalue weighted by molar-refractivity contribution is 7.45.